The van der Waals surface area contributed by atoms with Gasteiger partial charge in [0.15, 0.2) is 5.17 Å². The van der Waals surface area contributed by atoms with E-state index in [4.69, 9.17) is 9.84 Å². The molecule has 6 nitrogen and oxygen atoms in total. The number of nitrogens with zero attached hydrogens (tertiary/aromatic N) is 2. The zero-order chi connectivity index (χ0) is 14.7. The summed E-state index contributed by atoms with van der Waals surface area (Å²) in [5.41, 5.74) is 0.684. The minimum Gasteiger partial charge on any atom is -0.497 e. The van der Waals surface area contributed by atoms with Gasteiger partial charge in [-0.3, -0.25) is 14.5 Å². The number of amides is 1. The van der Waals surface area contributed by atoms with Crippen molar-refractivity contribution < 1.29 is 19.4 Å². The zero-order valence-electron chi connectivity index (χ0n) is 11.1. The Kier molecular flexibility index (Phi) is 4.29. The standard InChI is InChI=1S/C13H14N2O4S/c1-15-12(18)10(7-11(16)17)20-13(15)14-8-3-5-9(19-2)6-4-8/h3-6,10H,7H2,1-2H3,(H,16,17)/t10-/m1/s1. The minimum absolute atomic E-state index is 0.199. The summed E-state index contributed by atoms with van der Waals surface area (Å²) < 4.78 is 5.05. The van der Waals surface area contributed by atoms with Crippen LogP contribution < -0.4 is 4.74 Å². The number of carbonyl (C=O) groups excluding carboxylic acids is 1. The molecule has 0 unspecified atom stereocenters. The summed E-state index contributed by atoms with van der Waals surface area (Å²) in [6.45, 7) is 0. The number of hydrogen-bond donors (Lipinski definition) is 1. The van der Waals surface area contributed by atoms with Gasteiger partial charge in [-0.2, -0.15) is 0 Å². The van der Waals surface area contributed by atoms with Gasteiger partial charge in [-0.15, -0.1) is 0 Å². The van der Waals surface area contributed by atoms with Gasteiger partial charge in [0, 0.05) is 7.05 Å². The molecule has 106 valence electrons. The Bertz CT molecular complexity index is 556. The van der Waals surface area contributed by atoms with Crippen LogP contribution in [0.3, 0.4) is 0 Å². The van der Waals surface area contributed by atoms with Crippen LogP contribution in [0.25, 0.3) is 0 Å². The third-order valence-corrected chi connectivity index (χ3v) is 4.03. The van der Waals surface area contributed by atoms with Crippen LogP contribution in [-0.4, -0.2) is 46.5 Å². The monoisotopic (exact) mass is 294 g/mol. The Hall–Kier alpha value is -2.02. The van der Waals surface area contributed by atoms with Crippen molar-refractivity contribution in [2.75, 3.05) is 14.2 Å². The number of thioether (sulfide) groups is 1. The fourth-order valence-corrected chi connectivity index (χ4v) is 2.87. The van der Waals surface area contributed by atoms with Gasteiger partial charge < -0.3 is 9.84 Å². The van der Waals surface area contributed by atoms with Crippen molar-refractivity contribution in [1.82, 2.24) is 4.90 Å². The van der Waals surface area contributed by atoms with Crippen molar-refractivity contribution in [3.63, 3.8) is 0 Å². The van der Waals surface area contributed by atoms with E-state index < -0.39 is 11.2 Å². The smallest absolute Gasteiger partial charge is 0.305 e. The number of rotatable bonds is 4. The van der Waals surface area contributed by atoms with Gasteiger partial charge in [0.2, 0.25) is 5.91 Å². The lowest BCUT2D eigenvalue weighted by molar-refractivity contribution is -0.139. The number of hydrogen-bond acceptors (Lipinski definition) is 5. The number of carboxylic acids is 1. The number of carboxylic acid groups (broad SMARTS) is 1. The molecule has 1 N–H and O–H groups in total. The molecule has 1 aromatic carbocycles. The highest BCUT2D eigenvalue weighted by atomic mass is 32.2. The van der Waals surface area contributed by atoms with E-state index in [9.17, 15) is 9.59 Å². The molecule has 0 saturated carbocycles. The van der Waals surface area contributed by atoms with Gasteiger partial charge in [0.05, 0.1) is 19.2 Å². The highest BCUT2D eigenvalue weighted by Crippen LogP contribution is 2.30. The van der Waals surface area contributed by atoms with Crippen molar-refractivity contribution in [2.24, 2.45) is 4.99 Å². The zero-order valence-corrected chi connectivity index (χ0v) is 11.9. The summed E-state index contributed by atoms with van der Waals surface area (Å²) in [6.07, 6.45) is -0.199. The van der Waals surface area contributed by atoms with E-state index in [1.807, 2.05) is 0 Å². The molecule has 1 amide bonds. The van der Waals surface area contributed by atoms with Crippen LogP contribution in [0.4, 0.5) is 5.69 Å². The van der Waals surface area contributed by atoms with E-state index in [0.29, 0.717) is 10.9 Å². The first-order valence-electron chi connectivity index (χ1n) is 5.90. The number of benzene rings is 1. The molecular weight excluding hydrogens is 280 g/mol. The lowest BCUT2D eigenvalue weighted by Crippen LogP contribution is -2.28. The van der Waals surface area contributed by atoms with Gasteiger partial charge in [-0.25, -0.2) is 4.99 Å². The second kappa shape index (κ2) is 5.96. The number of aliphatic carboxylic acids is 1. The van der Waals surface area contributed by atoms with Gasteiger partial charge in [0.1, 0.15) is 11.0 Å². The van der Waals surface area contributed by atoms with E-state index in [-0.39, 0.29) is 12.3 Å². The van der Waals surface area contributed by atoms with E-state index in [2.05, 4.69) is 4.99 Å². The van der Waals surface area contributed by atoms with E-state index in [1.54, 1.807) is 38.4 Å². The van der Waals surface area contributed by atoms with Crippen LogP contribution >= 0.6 is 11.8 Å². The largest absolute Gasteiger partial charge is 0.497 e. The third-order valence-electron chi connectivity index (χ3n) is 2.80. The quantitative estimate of drug-likeness (QED) is 0.915. The molecule has 7 heteroatoms. The van der Waals surface area contributed by atoms with Crippen LogP contribution in [0.2, 0.25) is 0 Å². The van der Waals surface area contributed by atoms with Gasteiger partial charge in [-0.05, 0) is 24.3 Å². The maximum atomic E-state index is 11.9. The van der Waals surface area contributed by atoms with E-state index in [1.165, 1.54) is 16.7 Å². The van der Waals surface area contributed by atoms with Crippen molar-refractivity contribution in [1.29, 1.82) is 0 Å². The fraction of sp³-hybridized carbons (Fsp3) is 0.308. The minimum atomic E-state index is -0.991. The fourth-order valence-electron chi connectivity index (χ4n) is 1.72. The van der Waals surface area contributed by atoms with Crippen LogP contribution in [0, 0.1) is 0 Å². The topological polar surface area (TPSA) is 79.2 Å². The van der Waals surface area contributed by atoms with Gasteiger partial charge >= 0.3 is 5.97 Å². The highest BCUT2D eigenvalue weighted by molar-refractivity contribution is 8.15. The molecule has 1 heterocycles. The maximum absolute atomic E-state index is 11.9. The SMILES string of the molecule is COc1ccc(N=C2S[C@H](CC(=O)O)C(=O)N2C)cc1. The van der Waals surface area contributed by atoms with Crippen molar-refractivity contribution in [3.8, 4) is 5.75 Å². The molecular formula is C13H14N2O4S. The van der Waals surface area contributed by atoms with Crippen LogP contribution in [0.1, 0.15) is 6.42 Å². The second-order valence-corrected chi connectivity index (χ2v) is 5.36. The van der Waals surface area contributed by atoms with Crippen molar-refractivity contribution >= 4 is 34.5 Å². The molecule has 1 fully saturated rings. The predicted molar refractivity (Wildman–Crippen MR) is 76.5 cm³/mol. The molecule has 0 aliphatic carbocycles. The Morgan fingerprint density at radius 1 is 1.45 bits per heavy atom. The van der Waals surface area contributed by atoms with Gasteiger partial charge in [0.25, 0.3) is 0 Å². The molecule has 0 aromatic heterocycles. The molecule has 0 bridgehead atoms. The van der Waals surface area contributed by atoms with Crippen molar-refractivity contribution in [2.45, 2.75) is 11.7 Å². The first-order valence-corrected chi connectivity index (χ1v) is 6.78. The van der Waals surface area contributed by atoms with E-state index >= 15 is 0 Å². The Morgan fingerprint density at radius 2 is 2.10 bits per heavy atom. The van der Waals surface area contributed by atoms with Crippen molar-refractivity contribution in [3.05, 3.63) is 24.3 Å². The highest BCUT2D eigenvalue weighted by Gasteiger charge is 2.36. The summed E-state index contributed by atoms with van der Waals surface area (Å²) in [5, 5.41) is 8.68. The average molecular weight is 294 g/mol. The number of carbonyl (C=O) groups is 2. The molecule has 0 spiro atoms. The molecule has 1 atom stereocenters. The maximum Gasteiger partial charge on any atom is 0.305 e. The average Bonchev–Trinajstić information content (AvgIpc) is 2.67. The summed E-state index contributed by atoms with van der Waals surface area (Å²) >= 11 is 1.17. The summed E-state index contributed by atoms with van der Waals surface area (Å²) in [7, 11) is 3.18. The Balaban J connectivity index is 2.17. The number of amidine groups is 1. The molecule has 0 radical (unpaired) electrons. The summed E-state index contributed by atoms with van der Waals surface area (Å²) in [5.74, 6) is -0.499. The number of methoxy groups -OCH3 is 1. The Labute approximate surface area is 120 Å². The van der Waals surface area contributed by atoms with Crippen LogP contribution in [0.15, 0.2) is 29.3 Å². The van der Waals surface area contributed by atoms with Crippen LogP contribution in [-0.2, 0) is 9.59 Å². The lowest BCUT2D eigenvalue weighted by atomic mass is 10.3. The third kappa shape index (κ3) is 3.11. The summed E-state index contributed by atoms with van der Waals surface area (Å²) in [4.78, 5) is 28.3. The normalized spacial score (nSPS) is 20.5. The van der Waals surface area contributed by atoms with Crippen LogP contribution in [0.5, 0.6) is 5.75 Å². The molecule has 1 aromatic rings. The predicted octanol–water partition coefficient (Wildman–Crippen LogP) is 1.73. The molecule has 20 heavy (non-hydrogen) atoms. The second-order valence-electron chi connectivity index (χ2n) is 4.19. The van der Waals surface area contributed by atoms with E-state index in [0.717, 1.165) is 5.75 Å². The molecule has 2 rings (SSSR count). The molecule has 1 aliphatic heterocycles. The molecule has 1 aliphatic rings. The number of ether oxygens (including phenoxy) is 1. The first-order chi connectivity index (χ1) is 9.51. The Morgan fingerprint density at radius 3 is 2.65 bits per heavy atom. The lowest BCUT2D eigenvalue weighted by Gasteiger charge is -2.08. The number of aliphatic imine (C=N–C) groups is 1. The van der Waals surface area contributed by atoms with Gasteiger partial charge in [-0.1, -0.05) is 11.8 Å². The first kappa shape index (κ1) is 14.4. The summed E-state index contributed by atoms with van der Waals surface area (Å²) in [6, 6.07) is 7.09. The molecule has 1 saturated heterocycles.